The monoisotopic (exact) mass is 433 g/mol. The van der Waals surface area contributed by atoms with Gasteiger partial charge in [-0.05, 0) is 48.5 Å². The van der Waals surface area contributed by atoms with Crippen molar-refractivity contribution in [1.29, 1.82) is 0 Å². The molecule has 1 aliphatic rings. The van der Waals surface area contributed by atoms with Gasteiger partial charge in [0.25, 0.3) is 17.7 Å². The van der Waals surface area contributed by atoms with Gasteiger partial charge in [0.15, 0.2) is 6.61 Å². The Morgan fingerprint density at radius 1 is 0.966 bits per heavy atom. The van der Waals surface area contributed by atoms with Crippen molar-refractivity contribution in [3.63, 3.8) is 0 Å². The van der Waals surface area contributed by atoms with E-state index in [-0.39, 0.29) is 23.5 Å². The molecule has 5 amide bonds. The van der Waals surface area contributed by atoms with Crippen LogP contribution < -0.4 is 20.7 Å². The Morgan fingerprint density at radius 3 is 2.24 bits per heavy atom. The van der Waals surface area contributed by atoms with Crippen LogP contribution in [-0.4, -0.2) is 30.4 Å². The molecule has 8 nitrogen and oxygen atoms in total. The first-order valence-electron chi connectivity index (χ1n) is 8.18. The summed E-state index contributed by atoms with van der Waals surface area (Å²) < 4.78 is 5.51. The molecule has 0 spiro atoms. The highest BCUT2D eigenvalue weighted by atomic mass is 35.5. The molecule has 148 valence electrons. The smallest absolute Gasteiger partial charge is 0.328 e. The molecule has 0 unspecified atom stereocenters. The zero-order valence-corrected chi connectivity index (χ0v) is 16.1. The fraction of sp³-hybridized carbons (Fsp3) is 0.0526. The van der Waals surface area contributed by atoms with Gasteiger partial charge in [-0.1, -0.05) is 23.2 Å². The molecule has 10 heteroatoms. The van der Waals surface area contributed by atoms with Crippen LogP contribution in [0.1, 0.15) is 5.56 Å². The lowest BCUT2D eigenvalue weighted by Gasteiger charge is -2.15. The van der Waals surface area contributed by atoms with Gasteiger partial charge < -0.3 is 10.1 Å². The van der Waals surface area contributed by atoms with Crippen LogP contribution >= 0.6 is 23.2 Å². The summed E-state index contributed by atoms with van der Waals surface area (Å²) in [7, 11) is 0. The number of ether oxygens (including phenoxy) is 1. The number of benzene rings is 2. The van der Waals surface area contributed by atoms with E-state index in [1.807, 2.05) is 10.6 Å². The SMILES string of the molecule is O=C(COc1ccc(Cl)cc1C=C1C(=O)NC(=O)NC1=O)Nc1ccc(Cl)cc1. The normalized spacial score (nSPS) is 13.4. The highest BCUT2D eigenvalue weighted by molar-refractivity contribution is 6.32. The number of amides is 5. The number of hydrogen-bond donors (Lipinski definition) is 3. The minimum Gasteiger partial charge on any atom is -0.483 e. The molecule has 0 saturated carbocycles. The van der Waals surface area contributed by atoms with Gasteiger partial charge in [-0.15, -0.1) is 0 Å². The van der Waals surface area contributed by atoms with Gasteiger partial charge in [0.2, 0.25) is 0 Å². The van der Waals surface area contributed by atoms with E-state index in [0.717, 1.165) is 0 Å². The Balaban J connectivity index is 1.75. The van der Waals surface area contributed by atoms with E-state index in [9.17, 15) is 19.2 Å². The van der Waals surface area contributed by atoms with Crippen molar-refractivity contribution < 1.29 is 23.9 Å². The summed E-state index contributed by atoms with van der Waals surface area (Å²) >= 11 is 11.8. The molecule has 1 aliphatic heterocycles. The highest BCUT2D eigenvalue weighted by Gasteiger charge is 2.28. The summed E-state index contributed by atoms with van der Waals surface area (Å²) in [4.78, 5) is 47.1. The Bertz CT molecular complexity index is 1010. The molecule has 0 bridgehead atoms. The van der Waals surface area contributed by atoms with Crippen molar-refractivity contribution in [2.24, 2.45) is 0 Å². The maximum absolute atomic E-state index is 12.1. The van der Waals surface area contributed by atoms with E-state index in [2.05, 4.69) is 5.32 Å². The number of anilines is 1. The molecule has 1 saturated heterocycles. The standard InChI is InChI=1S/C19H13Cl2N3O5/c20-11-1-4-13(5-2-11)22-16(25)9-29-15-6-3-12(21)7-10(15)8-14-17(26)23-19(28)24-18(14)27/h1-8H,9H2,(H,22,25)(H2,23,24,26,27,28). The maximum atomic E-state index is 12.1. The minimum absolute atomic E-state index is 0.214. The summed E-state index contributed by atoms with van der Waals surface area (Å²) in [5.41, 5.74) is 0.524. The largest absolute Gasteiger partial charge is 0.483 e. The van der Waals surface area contributed by atoms with Crippen molar-refractivity contribution >= 4 is 58.7 Å². The third-order valence-electron chi connectivity index (χ3n) is 3.70. The first-order chi connectivity index (χ1) is 13.8. The van der Waals surface area contributed by atoms with E-state index in [1.165, 1.54) is 24.3 Å². The fourth-order valence-electron chi connectivity index (χ4n) is 2.40. The van der Waals surface area contributed by atoms with E-state index >= 15 is 0 Å². The van der Waals surface area contributed by atoms with Crippen molar-refractivity contribution in [3.05, 3.63) is 63.6 Å². The summed E-state index contributed by atoms with van der Waals surface area (Å²) in [6, 6.07) is 10.1. The average molecular weight is 434 g/mol. The number of halogens is 2. The predicted octanol–water partition coefficient (Wildman–Crippen LogP) is 2.76. The third kappa shape index (κ3) is 5.34. The van der Waals surface area contributed by atoms with Crippen LogP contribution in [0.25, 0.3) is 6.08 Å². The minimum atomic E-state index is -0.904. The van der Waals surface area contributed by atoms with Gasteiger partial charge in [0.1, 0.15) is 11.3 Å². The van der Waals surface area contributed by atoms with E-state index in [1.54, 1.807) is 24.3 Å². The number of barbiturate groups is 1. The molecule has 3 rings (SSSR count). The molecule has 0 radical (unpaired) electrons. The number of rotatable bonds is 5. The van der Waals surface area contributed by atoms with Crippen molar-refractivity contribution in [2.75, 3.05) is 11.9 Å². The van der Waals surface area contributed by atoms with Gasteiger partial charge in [-0.25, -0.2) is 4.79 Å². The lowest BCUT2D eigenvalue weighted by atomic mass is 10.1. The fourth-order valence-corrected chi connectivity index (χ4v) is 2.71. The van der Waals surface area contributed by atoms with Crippen LogP contribution in [0.4, 0.5) is 10.5 Å². The van der Waals surface area contributed by atoms with Crippen LogP contribution in [0.3, 0.4) is 0 Å². The zero-order chi connectivity index (χ0) is 21.0. The van der Waals surface area contributed by atoms with E-state index in [0.29, 0.717) is 15.7 Å². The number of nitrogens with one attached hydrogen (secondary N) is 3. The molecular formula is C19H13Cl2N3O5. The van der Waals surface area contributed by atoms with Gasteiger partial charge in [-0.2, -0.15) is 0 Å². The highest BCUT2D eigenvalue weighted by Crippen LogP contribution is 2.26. The van der Waals surface area contributed by atoms with Crippen LogP contribution in [-0.2, 0) is 14.4 Å². The zero-order valence-electron chi connectivity index (χ0n) is 14.6. The summed E-state index contributed by atoms with van der Waals surface area (Å²) in [5, 5.41) is 7.44. The van der Waals surface area contributed by atoms with E-state index in [4.69, 9.17) is 27.9 Å². The van der Waals surface area contributed by atoms with Gasteiger partial charge in [0.05, 0.1) is 0 Å². The first kappa shape index (κ1) is 20.4. The molecule has 29 heavy (non-hydrogen) atoms. The van der Waals surface area contributed by atoms with Gasteiger partial charge in [0, 0.05) is 21.3 Å². The van der Waals surface area contributed by atoms with Crippen molar-refractivity contribution in [1.82, 2.24) is 10.6 Å². The molecule has 0 aromatic heterocycles. The number of carbonyl (C=O) groups is 4. The second kappa shape index (κ2) is 8.76. The van der Waals surface area contributed by atoms with Crippen molar-refractivity contribution in [2.45, 2.75) is 0 Å². The Labute approximate surface area is 174 Å². The Kier molecular flexibility index (Phi) is 6.16. The molecule has 1 heterocycles. The molecule has 1 fully saturated rings. The summed E-state index contributed by atoms with van der Waals surface area (Å²) in [6.07, 6.45) is 1.22. The second-order valence-corrected chi connectivity index (χ2v) is 6.69. The van der Waals surface area contributed by atoms with Crippen molar-refractivity contribution in [3.8, 4) is 5.75 Å². The van der Waals surface area contributed by atoms with Gasteiger partial charge in [-0.3, -0.25) is 25.0 Å². The lowest BCUT2D eigenvalue weighted by Crippen LogP contribution is -2.51. The Hall–Kier alpha value is -3.36. The van der Waals surface area contributed by atoms with E-state index < -0.39 is 23.8 Å². The average Bonchev–Trinajstić information content (AvgIpc) is 2.66. The Morgan fingerprint density at radius 2 is 1.59 bits per heavy atom. The molecule has 2 aromatic carbocycles. The number of carbonyl (C=O) groups excluding carboxylic acids is 4. The van der Waals surface area contributed by atoms with Crippen LogP contribution in [0.2, 0.25) is 10.0 Å². The molecule has 0 atom stereocenters. The lowest BCUT2D eigenvalue weighted by molar-refractivity contribution is -0.124. The van der Waals surface area contributed by atoms with Crippen LogP contribution in [0.15, 0.2) is 48.0 Å². The number of imide groups is 2. The third-order valence-corrected chi connectivity index (χ3v) is 4.19. The maximum Gasteiger partial charge on any atom is 0.328 e. The van der Waals surface area contributed by atoms with Crippen LogP contribution in [0, 0.1) is 0 Å². The summed E-state index contributed by atoms with van der Waals surface area (Å²) in [6.45, 7) is -0.336. The molecule has 3 N–H and O–H groups in total. The summed E-state index contributed by atoms with van der Waals surface area (Å²) in [5.74, 6) is -1.93. The van der Waals surface area contributed by atoms with Gasteiger partial charge >= 0.3 is 6.03 Å². The van der Waals surface area contributed by atoms with Crippen LogP contribution in [0.5, 0.6) is 5.75 Å². The predicted molar refractivity (Wildman–Crippen MR) is 107 cm³/mol. The second-order valence-electron chi connectivity index (χ2n) is 5.82. The molecular weight excluding hydrogens is 421 g/mol. The molecule has 2 aromatic rings. The number of urea groups is 1. The number of hydrogen-bond acceptors (Lipinski definition) is 5. The topological polar surface area (TPSA) is 114 Å². The first-order valence-corrected chi connectivity index (χ1v) is 8.93. The molecule has 0 aliphatic carbocycles. The quantitative estimate of drug-likeness (QED) is 0.495.